The number of hydrogen-bond acceptors (Lipinski definition) is 2. The Balaban J connectivity index is 1.55. The summed E-state index contributed by atoms with van der Waals surface area (Å²) in [5.41, 5.74) is 4.23. The molecule has 5 heteroatoms. The zero-order valence-electron chi connectivity index (χ0n) is 13.9. The number of ether oxygens (including phenoxy) is 1. The van der Waals surface area contributed by atoms with E-state index in [1.54, 1.807) is 25.3 Å². The van der Waals surface area contributed by atoms with E-state index < -0.39 is 0 Å². The highest BCUT2D eigenvalue weighted by molar-refractivity contribution is 6.31. The van der Waals surface area contributed by atoms with E-state index in [2.05, 4.69) is 28.5 Å². The molecule has 1 aliphatic carbocycles. The van der Waals surface area contributed by atoms with E-state index in [-0.39, 0.29) is 11.9 Å². The molecule has 1 aromatic heterocycles. The van der Waals surface area contributed by atoms with Crippen LogP contribution in [0.15, 0.2) is 42.5 Å². The minimum atomic E-state index is -0.149. The summed E-state index contributed by atoms with van der Waals surface area (Å²) in [5.74, 6) is 0.382. The maximum atomic E-state index is 12.7. The Morgan fingerprint density at radius 3 is 2.96 bits per heavy atom. The maximum Gasteiger partial charge on any atom is 0.255 e. The van der Waals surface area contributed by atoms with Crippen molar-refractivity contribution in [1.82, 2.24) is 10.3 Å². The van der Waals surface area contributed by atoms with E-state index >= 15 is 0 Å². The zero-order valence-corrected chi connectivity index (χ0v) is 14.7. The van der Waals surface area contributed by atoms with Crippen LogP contribution in [0.1, 0.15) is 28.0 Å². The summed E-state index contributed by atoms with van der Waals surface area (Å²) in [7, 11) is 1.55. The highest BCUT2D eigenvalue weighted by Crippen LogP contribution is 2.29. The van der Waals surface area contributed by atoms with Crippen LogP contribution >= 0.6 is 11.6 Å². The first-order valence-corrected chi connectivity index (χ1v) is 8.76. The first-order valence-electron chi connectivity index (χ1n) is 8.38. The van der Waals surface area contributed by atoms with Crippen LogP contribution in [0.25, 0.3) is 10.9 Å². The Kier molecular flexibility index (Phi) is 4.14. The van der Waals surface area contributed by atoms with Gasteiger partial charge in [0, 0.05) is 34.1 Å². The fourth-order valence-corrected chi connectivity index (χ4v) is 3.80. The Morgan fingerprint density at radius 1 is 1.28 bits per heavy atom. The predicted octanol–water partition coefficient (Wildman–Crippen LogP) is 4.12. The number of hydrogen-bond donors (Lipinski definition) is 2. The Morgan fingerprint density at radius 2 is 2.12 bits per heavy atom. The molecule has 1 heterocycles. The van der Waals surface area contributed by atoms with Crippen molar-refractivity contribution in [3.05, 3.63) is 64.3 Å². The molecule has 4 rings (SSSR count). The molecule has 4 nitrogen and oxygen atoms in total. The van der Waals surface area contributed by atoms with Crippen LogP contribution in [0.2, 0.25) is 5.02 Å². The standard InChI is InChI=1S/C20H19ClN2O2/c1-25-19-9-6-12(21)10-16(19)20(24)22-13-7-8-15-14-4-2-3-5-17(14)23-18(15)11-13/h2-6,9-10,13,23H,7-8,11H2,1H3,(H,22,24). The average molecular weight is 355 g/mol. The molecule has 2 N–H and O–H groups in total. The summed E-state index contributed by atoms with van der Waals surface area (Å²) >= 11 is 6.03. The van der Waals surface area contributed by atoms with Gasteiger partial charge in [-0.1, -0.05) is 29.8 Å². The lowest BCUT2D eigenvalue weighted by atomic mass is 9.91. The van der Waals surface area contributed by atoms with Crippen LogP contribution in [0.4, 0.5) is 0 Å². The fraction of sp³-hybridized carbons (Fsp3) is 0.250. The van der Waals surface area contributed by atoms with Gasteiger partial charge in [0.25, 0.3) is 5.91 Å². The topological polar surface area (TPSA) is 54.1 Å². The molecule has 0 fully saturated rings. The van der Waals surface area contributed by atoms with E-state index in [4.69, 9.17) is 16.3 Å². The molecular formula is C20H19ClN2O2. The average Bonchev–Trinajstić information content (AvgIpc) is 2.99. The van der Waals surface area contributed by atoms with Gasteiger partial charge < -0.3 is 15.0 Å². The van der Waals surface area contributed by atoms with Crippen LogP contribution in [0, 0.1) is 0 Å². The molecule has 1 amide bonds. The molecule has 0 aliphatic heterocycles. The van der Waals surface area contributed by atoms with Gasteiger partial charge in [0.15, 0.2) is 0 Å². The SMILES string of the molecule is COc1ccc(Cl)cc1C(=O)NC1CCc2c([nH]c3ccccc23)C1. The van der Waals surface area contributed by atoms with E-state index in [0.717, 1.165) is 24.8 Å². The first kappa shape index (κ1) is 16.0. The lowest BCUT2D eigenvalue weighted by Crippen LogP contribution is -2.39. The summed E-state index contributed by atoms with van der Waals surface area (Å²) in [4.78, 5) is 16.2. The van der Waals surface area contributed by atoms with Gasteiger partial charge in [-0.3, -0.25) is 4.79 Å². The Bertz CT molecular complexity index is 948. The van der Waals surface area contributed by atoms with E-state index in [1.807, 2.05) is 6.07 Å². The largest absolute Gasteiger partial charge is 0.496 e. The number of rotatable bonds is 3. The third-order valence-electron chi connectivity index (χ3n) is 4.84. The van der Waals surface area contributed by atoms with Gasteiger partial charge in [-0.2, -0.15) is 0 Å². The van der Waals surface area contributed by atoms with Crippen LogP contribution in [0.5, 0.6) is 5.75 Å². The molecule has 128 valence electrons. The molecule has 1 aliphatic rings. The number of aryl methyl sites for hydroxylation is 1. The molecule has 3 aromatic rings. The third kappa shape index (κ3) is 2.98. The lowest BCUT2D eigenvalue weighted by molar-refractivity contribution is 0.0930. The van der Waals surface area contributed by atoms with Crippen LogP contribution in [-0.2, 0) is 12.8 Å². The molecule has 0 saturated heterocycles. The third-order valence-corrected chi connectivity index (χ3v) is 5.07. The normalized spacial score (nSPS) is 16.5. The number of methoxy groups -OCH3 is 1. The number of benzene rings is 2. The number of aromatic amines is 1. The smallest absolute Gasteiger partial charge is 0.255 e. The van der Waals surface area contributed by atoms with Gasteiger partial charge in [0.2, 0.25) is 0 Å². The number of H-pyrrole nitrogens is 1. The van der Waals surface area contributed by atoms with Gasteiger partial charge >= 0.3 is 0 Å². The number of halogens is 1. The molecule has 0 spiro atoms. The second-order valence-electron chi connectivity index (χ2n) is 6.39. The lowest BCUT2D eigenvalue weighted by Gasteiger charge is -2.24. The Labute approximate surface area is 151 Å². The molecule has 1 atom stereocenters. The monoisotopic (exact) mass is 354 g/mol. The maximum absolute atomic E-state index is 12.7. The summed E-state index contributed by atoms with van der Waals surface area (Å²) < 4.78 is 5.28. The van der Waals surface area contributed by atoms with Gasteiger partial charge in [0.1, 0.15) is 5.75 Å². The molecule has 0 saturated carbocycles. The van der Waals surface area contributed by atoms with Crippen LogP contribution < -0.4 is 10.1 Å². The number of nitrogens with one attached hydrogen (secondary N) is 2. The fourth-order valence-electron chi connectivity index (χ4n) is 3.63. The van der Waals surface area contributed by atoms with Gasteiger partial charge in [-0.25, -0.2) is 0 Å². The first-order chi connectivity index (χ1) is 12.2. The van der Waals surface area contributed by atoms with Crippen LogP contribution in [-0.4, -0.2) is 24.0 Å². The number of carbonyl (C=O) groups excluding carboxylic acids is 1. The number of para-hydroxylation sites is 1. The minimum absolute atomic E-state index is 0.0942. The molecule has 1 unspecified atom stereocenters. The molecule has 25 heavy (non-hydrogen) atoms. The van der Waals surface area contributed by atoms with Crippen LogP contribution in [0.3, 0.4) is 0 Å². The summed E-state index contributed by atoms with van der Waals surface area (Å²) in [5, 5.41) is 4.94. The van der Waals surface area contributed by atoms with Gasteiger partial charge in [0.05, 0.1) is 12.7 Å². The van der Waals surface area contributed by atoms with Crippen molar-refractivity contribution in [1.29, 1.82) is 0 Å². The number of carbonyl (C=O) groups is 1. The van der Waals surface area contributed by atoms with Crippen molar-refractivity contribution >= 4 is 28.4 Å². The summed E-state index contributed by atoms with van der Waals surface area (Å²) in [6.07, 6.45) is 2.68. The minimum Gasteiger partial charge on any atom is -0.496 e. The zero-order chi connectivity index (χ0) is 17.4. The predicted molar refractivity (Wildman–Crippen MR) is 99.6 cm³/mol. The van der Waals surface area contributed by atoms with E-state index in [0.29, 0.717) is 16.3 Å². The molecule has 0 bridgehead atoms. The molecular weight excluding hydrogens is 336 g/mol. The number of amides is 1. The highest BCUT2D eigenvalue weighted by Gasteiger charge is 2.24. The molecule has 2 aromatic carbocycles. The van der Waals surface area contributed by atoms with Gasteiger partial charge in [-0.15, -0.1) is 0 Å². The van der Waals surface area contributed by atoms with Crippen molar-refractivity contribution in [2.45, 2.75) is 25.3 Å². The van der Waals surface area contributed by atoms with E-state index in [9.17, 15) is 4.79 Å². The van der Waals surface area contributed by atoms with Crippen molar-refractivity contribution in [3.63, 3.8) is 0 Å². The second kappa shape index (κ2) is 6.45. The highest BCUT2D eigenvalue weighted by atomic mass is 35.5. The van der Waals surface area contributed by atoms with Crippen molar-refractivity contribution in [3.8, 4) is 5.75 Å². The van der Waals surface area contributed by atoms with Crippen molar-refractivity contribution < 1.29 is 9.53 Å². The summed E-state index contributed by atoms with van der Waals surface area (Å²) in [6.45, 7) is 0. The summed E-state index contributed by atoms with van der Waals surface area (Å²) in [6, 6.07) is 13.5. The van der Waals surface area contributed by atoms with Gasteiger partial charge in [-0.05, 0) is 42.7 Å². The van der Waals surface area contributed by atoms with Crippen molar-refractivity contribution in [2.75, 3.05) is 7.11 Å². The van der Waals surface area contributed by atoms with E-state index in [1.165, 1.54) is 16.6 Å². The quantitative estimate of drug-likeness (QED) is 0.743. The molecule has 0 radical (unpaired) electrons. The van der Waals surface area contributed by atoms with Crippen molar-refractivity contribution in [2.24, 2.45) is 0 Å². The number of fused-ring (bicyclic) bond motifs is 3. The second-order valence-corrected chi connectivity index (χ2v) is 6.82. The Hall–Kier alpha value is -2.46. The number of aromatic nitrogens is 1.